The summed E-state index contributed by atoms with van der Waals surface area (Å²) < 4.78 is 23.4. The van der Waals surface area contributed by atoms with Crippen LogP contribution in [0.5, 0.6) is 23.0 Å². The number of methoxy groups -OCH3 is 2. The standard InChI is InChI=1S/C34H33NO7/c1-39-27-14-16-28(17-15-27)42-32(24-11-7-4-8-12-24)34(38)35-21-25-13-18-30(40-2)33(29(25)19-26(35)20-31(36)37)41-22-23-9-5-3-6-10-23/h3-18,26,32H,19-22H2,1-2H3,(H,36,37)/t26-,32-/m1/s1. The lowest BCUT2D eigenvalue weighted by molar-refractivity contribution is -0.146. The van der Waals surface area contributed by atoms with Gasteiger partial charge in [-0.15, -0.1) is 0 Å². The highest BCUT2D eigenvalue weighted by molar-refractivity contribution is 5.84. The Morgan fingerprint density at radius 3 is 2.17 bits per heavy atom. The molecule has 42 heavy (non-hydrogen) atoms. The minimum Gasteiger partial charge on any atom is -0.497 e. The van der Waals surface area contributed by atoms with Gasteiger partial charge in [0.2, 0.25) is 6.10 Å². The third-order valence-corrected chi connectivity index (χ3v) is 7.32. The Bertz CT molecular complexity index is 1510. The first-order chi connectivity index (χ1) is 20.5. The Hall–Kier alpha value is -4.98. The summed E-state index contributed by atoms with van der Waals surface area (Å²) in [6.07, 6.45) is -0.923. The Labute approximate surface area is 245 Å². The van der Waals surface area contributed by atoms with E-state index in [0.29, 0.717) is 41.6 Å². The Balaban J connectivity index is 1.48. The van der Waals surface area contributed by atoms with Crippen molar-refractivity contribution in [2.24, 2.45) is 0 Å². The van der Waals surface area contributed by atoms with Gasteiger partial charge in [0.15, 0.2) is 11.5 Å². The zero-order valence-corrected chi connectivity index (χ0v) is 23.6. The number of fused-ring (bicyclic) bond motifs is 1. The van der Waals surface area contributed by atoms with Crippen molar-refractivity contribution in [1.29, 1.82) is 0 Å². The van der Waals surface area contributed by atoms with E-state index in [9.17, 15) is 14.7 Å². The van der Waals surface area contributed by atoms with Crippen LogP contribution in [0.4, 0.5) is 0 Å². The minimum absolute atomic E-state index is 0.201. The molecule has 0 unspecified atom stereocenters. The monoisotopic (exact) mass is 567 g/mol. The number of carbonyl (C=O) groups is 2. The fourth-order valence-corrected chi connectivity index (χ4v) is 5.20. The average Bonchev–Trinajstić information content (AvgIpc) is 3.02. The molecule has 0 aromatic heterocycles. The van der Waals surface area contributed by atoms with Crippen molar-refractivity contribution < 1.29 is 33.6 Å². The van der Waals surface area contributed by atoms with E-state index in [1.54, 1.807) is 43.4 Å². The van der Waals surface area contributed by atoms with Gasteiger partial charge in [0.1, 0.15) is 18.1 Å². The molecule has 1 aliphatic heterocycles. The molecule has 0 saturated carbocycles. The molecule has 0 spiro atoms. The molecule has 216 valence electrons. The lowest BCUT2D eigenvalue weighted by Crippen LogP contribution is -2.48. The zero-order valence-electron chi connectivity index (χ0n) is 23.6. The highest BCUT2D eigenvalue weighted by Gasteiger charge is 2.38. The summed E-state index contributed by atoms with van der Waals surface area (Å²) in [5.41, 5.74) is 3.37. The number of hydrogen-bond acceptors (Lipinski definition) is 6. The first-order valence-electron chi connectivity index (χ1n) is 13.7. The maximum absolute atomic E-state index is 14.3. The van der Waals surface area contributed by atoms with Crippen LogP contribution < -0.4 is 18.9 Å². The van der Waals surface area contributed by atoms with Gasteiger partial charge in [-0.2, -0.15) is 0 Å². The number of rotatable bonds is 11. The largest absolute Gasteiger partial charge is 0.497 e. The molecule has 1 N–H and O–H groups in total. The third kappa shape index (κ3) is 6.49. The van der Waals surface area contributed by atoms with Crippen molar-refractivity contribution in [1.82, 2.24) is 4.90 Å². The minimum atomic E-state index is -0.997. The number of carboxylic acid groups (broad SMARTS) is 1. The number of aliphatic carboxylic acids is 1. The van der Waals surface area contributed by atoms with Crippen LogP contribution in [0.3, 0.4) is 0 Å². The van der Waals surface area contributed by atoms with Crippen LogP contribution in [0.25, 0.3) is 0 Å². The van der Waals surface area contributed by atoms with Gasteiger partial charge in [0.25, 0.3) is 5.91 Å². The number of hydrogen-bond donors (Lipinski definition) is 1. The van der Waals surface area contributed by atoms with Crippen LogP contribution in [0.2, 0.25) is 0 Å². The van der Waals surface area contributed by atoms with E-state index in [0.717, 1.165) is 16.7 Å². The van der Waals surface area contributed by atoms with Crippen LogP contribution in [0.1, 0.15) is 34.8 Å². The second-order valence-electron chi connectivity index (χ2n) is 10.0. The van der Waals surface area contributed by atoms with Crippen LogP contribution >= 0.6 is 0 Å². The highest BCUT2D eigenvalue weighted by Crippen LogP contribution is 2.40. The number of amides is 1. The van der Waals surface area contributed by atoms with E-state index < -0.39 is 18.1 Å². The summed E-state index contributed by atoms with van der Waals surface area (Å²) in [7, 11) is 3.15. The molecule has 0 saturated heterocycles. The van der Waals surface area contributed by atoms with Crippen molar-refractivity contribution in [2.45, 2.75) is 38.1 Å². The first kappa shape index (κ1) is 28.5. The average molecular weight is 568 g/mol. The molecule has 8 heteroatoms. The van der Waals surface area contributed by atoms with Crippen molar-refractivity contribution in [3.05, 3.63) is 119 Å². The fourth-order valence-electron chi connectivity index (χ4n) is 5.20. The summed E-state index contributed by atoms with van der Waals surface area (Å²) >= 11 is 0. The van der Waals surface area contributed by atoms with Crippen molar-refractivity contribution in [3.63, 3.8) is 0 Å². The number of carboxylic acids is 1. The van der Waals surface area contributed by atoms with Gasteiger partial charge in [-0.3, -0.25) is 9.59 Å². The predicted molar refractivity (Wildman–Crippen MR) is 157 cm³/mol. The quantitative estimate of drug-likeness (QED) is 0.244. The molecular formula is C34H33NO7. The maximum Gasteiger partial charge on any atom is 0.305 e. The van der Waals surface area contributed by atoms with Gasteiger partial charge in [-0.1, -0.05) is 66.7 Å². The summed E-state index contributed by atoms with van der Waals surface area (Å²) in [4.78, 5) is 27.9. The normalized spacial score (nSPS) is 14.8. The van der Waals surface area contributed by atoms with E-state index in [1.807, 2.05) is 72.8 Å². The first-order valence-corrected chi connectivity index (χ1v) is 13.7. The molecule has 8 nitrogen and oxygen atoms in total. The summed E-state index contributed by atoms with van der Waals surface area (Å²) in [5, 5.41) is 9.84. The van der Waals surface area contributed by atoms with Crippen molar-refractivity contribution >= 4 is 11.9 Å². The molecule has 4 aromatic rings. The van der Waals surface area contributed by atoms with Crippen molar-refractivity contribution in [2.75, 3.05) is 14.2 Å². The number of nitrogens with zero attached hydrogens (tertiary/aromatic N) is 1. The van der Waals surface area contributed by atoms with Gasteiger partial charge in [-0.05, 0) is 47.9 Å². The van der Waals surface area contributed by atoms with Crippen LogP contribution in [-0.2, 0) is 29.2 Å². The molecule has 0 radical (unpaired) electrons. The number of ether oxygens (including phenoxy) is 4. The van der Waals surface area contributed by atoms with Gasteiger partial charge < -0.3 is 29.0 Å². The second kappa shape index (κ2) is 13.1. The van der Waals surface area contributed by atoms with Crippen LogP contribution in [0, 0.1) is 0 Å². The summed E-state index contributed by atoms with van der Waals surface area (Å²) in [6, 6.07) is 29.1. The number of carbonyl (C=O) groups excluding carboxylic acids is 1. The molecular weight excluding hydrogens is 534 g/mol. The molecule has 0 bridgehead atoms. The maximum atomic E-state index is 14.3. The number of benzene rings is 4. The van der Waals surface area contributed by atoms with E-state index in [-0.39, 0.29) is 18.9 Å². The second-order valence-corrected chi connectivity index (χ2v) is 10.0. The van der Waals surface area contributed by atoms with Gasteiger partial charge >= 0.3 is 5.97 Å². The Kier molecular flexibility index (Phi) is 8.92. The van der Waals surface area contributed by atoms with Gasteiger partial charge in [-0.25, -0.2) is 0 Å². The Morgan fingerprint density at radius 2 is 1.52 bits per heavy atom. The van der Waals surface area contributed by atoms with E-state index >= 15 is 0 Å². The summed E-state index contributed by atoms with van der Waals surface area (Å²) in [6.45, 7) is 0.527. The molecule has 1 amide bonds. The summed E-state index contributed by atoms with van der Waals surface area (Å²) in [5.74, 6) is 0.963. The predicted octanol–water partition coefficient (Wildman–Crippen LogP) is 5.83. The molecule has 5 rings (SSSR count). The molecule has 1 heterocycles. The third-order valence-electron chi connectivity index (χ3n) is 7.32. The smallest absolute Gasteiger partial charge is 0.305 e. The molecule has 1 aliphatic rings. The van der Waals surface area contributed by atoms with Gasteiger partial charge in [0.05, 0.1) is 20.6 Å². The molecule has 0 fully saturated rings. The molecule has 4 aromatic carbocycles. The van der Waals surface area contributed by atoms with E-state index in [4.69, 9.17) is 18.9 Å². The molecule has 0 aliphatic carbocycles. The fraction of sp³-hybridized carbons (Fsp3) is 0.235. The SMILES string of the molecule is COc1ccc(O[C@@H](C(=O)N2Cc3ccc(OC)c(OCc4ccccc4)c3C[C@@H]2CC(=O)O)c2ccccc2)cc1. The van der Waals surface area contributed by atoms with Crippen LogP contribution in [0.15, 0.2) is 97.1 Å². The van der Waals surface area contributed by atoms with Crippen molar-refractivity contribution in [3.8, 4) is 23.0 Å². The lowest BCUT2D eigenvalue weighted by atomic mass is 9.90. The van der Waals surface area contributed by atoms with E-state index in [2.05, 4.69) is 0 Å². The zero-order chi connectivity index (χ0) is 29.5. The Morgan fingerprint density at radius 1 is 0.857 bits per heavy atom. The topological polar surface area (TPSA) is 94.5 Å². The lowest BCUT2D eigenvalue weighted by Gasteiger charge is -2.39. The molecule has 2 atom stereocenters. The van der Waals surface area contributed by atoms with Crippen LogP contribution in [-0.4, -0.2) is 42.1 Å². The van der Waals surface area contributed by atoms with Gasteiger partial charge in [0, 0.05) is 23.7 Å². The highest BCUT2D eigenvalue weighted by atomic mass is 16.5. The van der Waals surface area contributed by atoms with E-state index in [1.165, 1.54) is 0 Å².